The van der Waals surface area contributed by atoms with Gasteiger partial charge in [-0.2, -0.15) is 0 Å². The largest absolute Gasteiger partial charge is 0.508 e. The predicted molar refractivity (Wildman–Crippen MR) is 86.6 cm³/mol. The second-order valence-electron chi connectivity index (χ2n) is 5.33. The molecule has 0 unspecified atom stereocenters. The fraction of sp³-hybridized carbons (Fsp3) is 0.100. The minimum atomic E-state index is 0.342. The summed E-state index contributed by atoms with van der Waals surface area (Å²) < 4.78 is 0. The van der Waals surface area contributed by atoms with Crippen molar-refractivity contribution in [3.05, 3.63) is 101 Å². The Morgan fingerprint density at radius 1 is 0.524 bits per heavy atom. The first-order valence-corrected chi connectivity index (χ1v) is 7.19. The molecule has 0 fully saturated rings. The lowest BCUT2D eigenvalue weighted by molar-refractivity contribution is 0.474. The lowest BCUT2D eigenvalue weighted by atomic mass is 9.99. The van der Waals surface area contributed by atoms with E-state index in [1.54, 1.807) is 0 Å². The lowest BCUT2D eigenvalue weighted by Gasteiger charge is -2.08. The van der Waals surface area contributed by atoms with Crippen LogP contribution in [0.3, 0.4) is 0 Å². The normalized spacial score (nSPS) is 10.5. The van der Waals surface area contributed by atoms with E-state index in [9.17, 15) is 5.11 Å². The maximum absolute atomic E-state index is 9.95. The summed E-state index contributed by atoms with van der Waals surface area (Å²) in [5.41, 5.74) is 4.81. The maximum Gasteiger partial charge on any atom is 0.116 e. The van der Waals surface area contributed by atoms with Gasteiger partial charge in [0.25, 0.3) is 0 Å². The van der Waals surface area contributed by atoms with Gasteiger partial charge in [0.05, 0.1) is 0 Å². The van der Waals surface area contributed by atoms with Crippen LogP contribution in [0.15, 0.2) is 78.9 Å². The summed E-state index contributed by atoms with van der Waals surface area (Å²) in [5, 5.41) is 9.95. The van der Waals surface area contributed by atoms with E-state index >= 15 is 0 Å². The van der Waals surface area contributed by atoms with Gasteiger partial charge in [0.2, 0.25) is 0 Å². The number of phenols is 1. The van der Waals surface area contributed by atoms with Crippen LogP contribution < -0.4 is 0 Å². The molecular formula is C20H18O. The molecule has 3 aromatic carbocycles. The highest BCUT2D eigenvalue weighted by molar-refractivity contribution is 5.38. The van der Waals surface area contributed by atoms with Crippen molar-refractivity contribution in [3.63, 3.8) is 0 Å². The Morgan fingerprint density at radius 2 is 0.952 bits per heavy atom. The number of aromatic hydroxyl groups is 1. The van der Waals surface area contributed by atoms with E-state index in [-0.39, 0.29) is 0 Å². The van der Waals surface area contributed by atoms with Crippen molar-refractivity contribution in [2.45, 2.75) is 12.8 Å². The monoisotopic (exact) mass is 274 g/mol. The molecule has 0 radical (unpaired) electrons. The second-order valence-corrected chi connectivity index (χ2v) is 5.33. The molecule has 0 aliphatic heterocycles. The van der Waals surface area contributed by atoms with Crippen molar-refractivity contribution in [3.8, 4) is 5.75 Å². The molecular weight excluding hydrogens is 256 g/mol. The molecule has 3 aromatic rings. The third-order valence-corrected chi connectivity index (χ3v) is 3.54. The van der Waals surface area contributed by atoms with Crippen LogP contribution in [0.25, 0.3) is 0 Å². The summed E-state index contributed by atoms with van der Waals surface area (Å²) in [7, 11) is 0. The zero-order valence-electron chi connectivity index (χ0n) is 11.9. The summed E-state index contributed by atoms with van der Waals surface area (Å²) in [4.78, 5) is 0. The van der Waals surface area contributed by atoms with Crippen LogP contribution in [0.5, 0.6) is 5.75 Å². The average molecular weight is 274 g/mol. The van der Waals surface area contributed by atoms with Gasteiger partial charge in [-0.25, -0.2) is 0 Å². The zero-order valence-corrected chi connectivity index (χ0v) is 11.9. The summed E-state index contributed by atoms with van der Waals surface area (Å²) >= 11 is 0. The van der Waals surface area contributed by atoms with E-state index in [1.807, 2.05) is 48.5 Å². The van der Waals surface area contributed by atoms with Crippen LogP contribution in [0.2, 0.25) is 0 Å². The topological polar surface area (TPSA) is 20.2 Å². The van der Waals surface area contributed by atoms with Gasteiger partial charge in [-0.1, -0.05) is 66.7 Å². The lowest BCUT2D eigenvalue weighted by Crippen LogP contribution is -1.93. The third-order valence-electron chi connectivity index (χ3n) is 3.54. The van der Waals surface area contributed by atoms with E-state index in [2.05, 4.69) is 30.3 Å². The van der Waals surface area contributed by atoms with E-state index < -0.39 is 0 Å². The van der Waals surface area contributed by atoms with Crippen molar-refractivity contribution >= 4 is 0 Å². The smallest absolute Gasteiger partial charge is 0.116 e. The number of phenolic OH excluding ortho intramolecular Hbond substituents is 1. The Kier molecular flexibility index (Phi) is 4.02. The molecule has 1 nitrogen and oxygen atoms in total. The van der Waals surface area contributed by atoms with Gasteiger partial charge in [0.15, 0.2) is 0 Å². The minimum absolute atomic E-state index is 0.342. The molecule has 0 saturated heterocycles. The molecule has 3 rings (SSSR count). The minimum Gasteiger partial charge on any atom is -0.508 e. The van der Waals surface area contributed by atoms with E-state index in [0.29, 0.717) is 5.75 Å². The van der Waals surface area contributed by atoms with Gasteiger partial charge in [0, 0.05) is 0 Å². The summed E-state index contributed by atoms with van der Waals surface area (Å²) in [6.07, 6.45) is 1.69. The molecule has 0 aliphatic carbocycles. The number of hydrogen-bond donors (Lipinski definition) is 1. The molecule has 1 N–H and O–H groups in total. The molecule has 21 heavy (non-hydrogen) atoms. The molecule has 0 bridgehead atoms. The Hall–Kier alpha value is -2.54. The Balaban J connectivity index is 1.83. The second kappa shape index (κ2) is 6.27. The van der Waals surface area contributed by atoms with Gasteiger partial charge in [-0.15, -0.1) is 0 Å². The SMILES string of the molecule is Oc1cc(Cc2ccccc2)cc(Cc2ccccc2)c1. The van der Waals surface area contributed by atoms with E-state index in [4.69, 9.17) is 0 Å². The van der Waals surface area contributed by atoms with E-state index in [1.165, 1.54) is 11.1 Å². The number of rotatable bonds is 4. The van der Waals surface area contributed by atoms with Crippen LogP contribution in [-0.4, -0.2) is 5.11 Å². The van der Waals surface area contributed by atoms with Gasteiger partial charge in [0.1, 0.15) is 5.75 Å². The molecule has 0 aromatic heterocycles. The summed E-state index contributed by atoms with van der Waals surface area (Å²) in [6.45, 7) is 0. The van der Waals surface area contributed by atoms with Crippen molar-refractivity contribution in [2.75, 3.05) is 0 Å². The average Bonchev–Trinajstić information content (AvgIpc) is 2.48. The van der Waals surface area contributed by atoms with Gasteiger partial charge < -0.3 is 5.11 Å². The van der Waals surface area contributed by atoms with Crippen LogP contribution in [0.4, 0.5) is 0 Å². The van der Waals surface area contributed by atoms with Crippen molar-refractivity contribution in [1.29, 1.82) is 0 Å². The zero-order chi connectivity index (χ0) is 14.5. The first-order chi connectivity index (χ1) is 10.3. The highest BCUT2D eigenvalue weighted by Gasteiger charge is 2.03. The first-order valence-electron chi connectivity index (χ1n) is 7.19. The van der Waals surface area contributed by atoms with Crippen LogP contribution in [0.1, 0.15) is 22.3 Å². The Morgan fingerprint density at radius 3 is 1.38 bits per heavy atom. The summed E-state index contributed by atoms with van der Waals surface area (Å²) in [6, 6.07) is 26.5. The summed E-state index contributed by atoms with van der Waals surface area (Å²) in [5.74, 6) is 0.342. The third kappa shape index (κ3) is 3.73. The molecule has 0 spiro atoms. The van der Waals surface area contributed by atoms with Gasteiger partial charge in [-0.3, -0.25) is 0 Å². The fourth-order valence-electron chi connectivity index (χ4n) is 2.61. The highest BCUT2D eigenvalue weighted by Crippen LogP contribution is 2.20. The molecule has 104 valence electrons. The number of benzene rings is 3. The first kappa shape index (κ1) is 13.4. The Bertz CT molecular complexity index is 643. The molecule has 0 aliphatic rings. The van der Waals surface area contributed by atoms with Crippen LogP contribution in [-0.2, 0) is 12.8 Å². The highest BCUT2D eigenvalue weighted by atomic mass is 16.3. The van der Waals surface area contributed by atoms with Gasteiger partial charge >= 0.3 is 0 Å². The molecule has 0 atom stereocenters. The van der Waals surface area contributed by atoms with Gasteiger partial charge in [-0.05, 0) is 47.2 Å². The standard InChI is InChI=1S/C20H18O/c21-20-14-18(11-16-7-3-1-4-8-16)13-19(15-20)12-17-9-5-2-6-10-17/h1-10,13-15,21H,11-12H2. The van der Waals surface area contributed by atoms with Crippen LogP contribution in [0, 0.1) is 0 Å². The maximum atomic E-state index is 9.95. The van der Waals surface area contributed by atoms with E-state index in [0.717, 1.165) is 24.0 Å². The van der Waals surface area contributed by atoms with Crippen molar-refractivity contribution in [2.24, 2.45) is 0 Å². The van der Waals surface area contributed by atoms with Crippen LogP contribution >= 0.6 is 0 Å². The Labute approximate surface area is 125 Å². The van der Waals surface area contributed by atoms with Crippen molar-refractivity contribution < 1.29 is 5.11 Å². The molecule has 0 saturated carbocycles. The quantitative estimate of drug-likeness (QED) is 0.738. The predicted octanol–water partition coefficient (Wildman–Crippen LogP) is 4.57. The van der Waals surface area contributed by atoms with Crippen molar-refractivity contribution in [1.82, 2.24) is 0 Å². The number of hydrogen-bond acceptors (Lipinski definition) is 1. The molecule has 0 amide bonds. The fourth-order valence-corrected chi connectivity index (χ4v) is 2.61. The molecule has 1 heteroatoms. The molecule has 0 heterocycles.